The predicted octanol–water partition coefficient (Wildman–Crippen LogP) is 5.28. The largest absolute Gasteiger partial charge is 0.310 e. The smallest absolute Gasteiger partial charge is 0.227 e. The van der Waals surface area contributed by atoms with E-state index in [1.165, 1.54) is 0 Å². The standard InChI is InChI=1S/C18H20ClO2P/c1-3-4-13-22(21,15-10-6-5-7-11-15)18(20)17-14(2)9-8-12-16(17)19/h5-12H,3-4,13H2,1-2H3. The molecule has 0 aliphatic carbocycles. The van der Waals surface area contributed by atoms with Crippen LogP contribution in [0.1, 0.15) is 35.7 Å². The summed E-state index contributed by atoms with van der Waals surface area (Å²) in [6.07, 6.45) is 2.03. The van der Waals surface area contributed by atoms with Crippen molar-refractivity contribution in [1.82, 2.24) is 0 Å². The van der Waals surface area contributed by atoms with Gasteiger partial charge in [0.05, 0.1) is 5.02 Å². The molecule has 1 unspecified atom stereocenters. The monoisotopic (exact) mass is 334 g/mol. The number of aryl methyl sites for hydroxylation is 1. The molecule has 0 amide bonds. The van der Waals surface area contributed by atoms with Crippen LogP contribution < -0.4 is 5.30 Å². The van der Waals surface area contributed by atoms with Gasteiger partial charge in [-0.3, -0.25) is 4.79 Å². The van der Waals surface area contributed by atoms with Crippen LogP contribution >= 0.6 is 18.7 Å². The molecule has 0 aromatic heterocycles. The summed E-state index contributed by atoms with van der Waals surface area (Å²) in [4.78, 5) is 13.1. The van der Waals surface area contributed by atoms with Gasteiger partial charge in [0.1, 0.15) is 0 Å². The molecule has 0 saturated carbocycles. The first-order valence-electron chi connectivity index (χ1n) is 7.45. The summed E-state index contributed by atoms with van der Waals surface area (Å²) >= 11 is 6.21. The maximum absolute atomic E-state index is 13.6. The van der Waals surface area contributed by atoms with Crippen LogP contribution in [0.25, 0.3) is 0 Å². The third kappa shape index (κ3) is 3.34. The van der Waals surface area contributed by atoms with Gasteiger partial charge in [-0.15, -0.1) is 0 Å². The highest BCUT2D eigenvalue weighted by molar-refractivity contribution is 7.87. The molecule has 22 heavy (non-hydrogen) atoms. The number of carbonyl (C=O) groups excluding carboxylic acids is 1. The molecule has 0 heterocycles. The Morgan fingerprint density at radius 3 is 2.36 bits per heavy atom. The maximum atomic E-state index is 13.6. The summed E-state index contributed by atoms with van der Waals surface area (Å²) in [5.41, 5.74) is 0.841. The minimum absolute atomic E-state index is 0.324. The molecular formula is C18H20ClO2P. The summed E-state index contributed by atoms with van der Waals surface area (Å²) < 4.78 is 13.6. The molecule has 4 heteroatoms. The van der Waals surface area contributed by atoms with Crippen LogP contribution in [0, 0.1) is 6.92 Å². The summed E-state index contributed by atoms with van der Waals surface area (Å²) in [6.45, 7) is 3.86. The first-order valence-corrected chi connectivity index (χ1v) is 9.72. The first-order chi connectivity index (χ1) is 10.5. The number of unbranched alkanes of at least 4 members (excludes halogenated alkanes) is 1. The van der Waals surface area contributed by atoms with Crippen molar-refractivity contribution >= 4 is 29.6 Å². The summed E-state index contributed by atoms with van der Waals surface area (Å²) in [5, 5.41) is 0.991. The van der Waals surface area contributed by atoms with Crippen molar-refractivity contribution in [2.45, 2.75) is 26.7 Å². The normalized spacial score (nSPS) is 13.6. The second-order valence-electron chi connectivity index (χ2n) is 5.39. The third-order valence-electron chi connectivity index (χ3n) is 3.76. The van der Waals surface area contributed by atoms with Crippen LogP contribution in [0.3, 0.4) is 0 Å². The van der Waals surface area contributed by atoms with E-state index in [1.807, 2.05) is 38.1 Å². The van der Waals surface area contributed by atoms with Crippen LogP contribution in [0.2, 0.25) is 5.02 Å². The van der Waals surface area contributed by atoms with Gasteiger partial charge < -0.3 is 4.57 Å². The second-order valence-corrected chi connectivity index (χ2v) is 8.65. The minimum Gasteiger partial charge on any atom is -0.310 e. The van der Waals surface area contributed by atoms with E-state index in [4.69, 9.17) is 11.6 Å². The number of carbonyl (C=O) groups is 1. The van der Waals surface area contributed by atoms with E-state index < -0.39 is 7.14 Å². The molecule has 0 aliphatic heterocycles. The Hall–Kier alpha value is -1.37. The van der Waals surface area contributed by atoms with Crippen molar-refractivity contribution in [1.29, 1.82) is 0 Å². The summed E-state index contributed by atoms with van der Waals surface area (Å²) in [6, 6.07) is 14.4. The Bertz CT molecular complexity index is 690. The van der Waals surface area contributed by atoms with E-state index in [2.05, 4.69) is 0 Å². The van der Waals surface area contributed by atoms with Crippen molar-refractivity contribution < 1.29 is 9.36 Å². The van der Waals surface area contributed by atoms with Gasteiger partial charge in [0, 0.05) is 17.0 Å². The van der Waals surface area contributed by atoms with Gasteiger partial charge in [0.15, 0.2) is 7.14 Å². The van der Waals surface area contributed by atoms with Crippen molar-refractivity contribution in [3.05, 3.63) is 64.7 Å². The van der Waals surface area contributed by atoms with Gasteiger partial charge in [-0.1, -0.05) is 67.4 Å². The number of benzene rings is 2. The topological polar surface area (TPSA) is 34.1 Å². The van der Waals surface area contributed by atoms with E-state index >= 15 is 0 Å². The Morgan fingerprint density at radius 2 is 1.77 bits per heavy atom. The number of rotatable bonds is 6. The lowest BCUT2D eigenvalue weighted by atomic mass is 10.1. The average molecular weight is 335 g/mol. The number of halogens is 1. The van der Waals surface area contributed by atoms with Gasteiger partial charge >= 0.3 is 0 Å². The van der Waals surface area contributed by atoms with Gasteiger partial charge in [-0.25, -0.2) is 0 Å². The van der Waals surface area contributed by atoms with Crippen molar-refractivity contribution in [3.63, 3.8) is 0 Å². The van der Waals surface area contributed by atoms with Gasteiger partial charge in [-0.2, -0.15) is 0 Å². The van der Waals surface area contributed by atoms with E-state index in [1.54, 1.807) is 24.3 Å². The van der Waals surface area contributed by atoms with Crippen LogP contribution in [-0.2, 0) is 4.57 Å². The predicted molar refractivity (Wildman–Crippen MR) is 94.0 cm³/mol. The molecule has 1 atom stereocenters. The lowest BCUT2D eigenvalue weighted by molar-refractivity contribution is 0.107. The fourth-order valence-corrected chi connectivity index (χ4v) is 5.62. The fourth-order valence-electron chi connectivity index (χ4n) is 2.48. The highest BCUT2D eigenvalue weighted by Gasteiger charge is 2.35. The molecule has 0 saturated heterocycles. The Morgan fingerprint density at radius 1 is 1.09 bits per heavy atom. The van der Waals surface area contributed by atoms with Crippen LogP contribution in [-0.4, -0.2) is 11.7 Å². The molecule has 2 aromatic rings. The molecule has 0 radical (unpaired) electrons. The highest BCUT2D eigenvalue weighted by Crippen LogP contribution is 2.50. The Labute approximate surface area is 136 Å². The first kappa shape index (κ1) is 17.0. The van der Waals surface area contributed by atoms with Crippen LogP contribution in [0.15, 0.2) is 48.5 Å². The zero-order valence-electron chi connectivity index (χ0n) is 12.9. The lowest BCUT2D eigenvalue weighted by Crippen LogP contribution is -2.17. The third-order valence-corrected chi connectivity index (χ3v) is 7.04. The molecule has 0 fully saturated rings. The maximum Gasteiger partial charge on any atom is 0.227 e. The molecule has 0 N–H and O–H groups in total. The number of hydrogen-bond donors (Lipinski definition) is 0. The zero-order valence-corrected chi connectivity index (χ0v) is 14.5. The van der Waals surface area contributed by atoms with Crippen LogP contribution in [0.5, 0.6) is 0 Å². The van der Waals surface area contributed by atoms with E-state index in [0.717, 1.165) is 18.4 Å². The molecule has 116 valence electrons. The molecule has 2 rings (SSSR count). The van der Waals surface area contributed by atoms with Crippen molar-refractivity contribution in [3.8, 4) is 0 Å². The molecule has 0 bridgehead atoms. The number of hydrogen-bond acceptors (Lipinski definition) is 2. The fraction of sp³-hybridized carbons (Fsp3) is 0.278. The minimum atomic E-state index is -3.18. The molecule has 0 spiro atoms. The molecular weight excluding hydrogens is 315 g/mol. The molecule has 2 aromatic carbocycles. The van der Waals surface area contributed by atoms with Crippen molar-refractivity contribution in [2.75, 3.05) is 6.16 Å². The Balaban J connectivity index is 2.55. The summed E-state index contributed by atoms with van der Waals surface area (Å²) in [5.74, 6) is 0. The van der Waals surface area contributed by atoms with Crippen LogP contribution in [0.4, 0.5) is 0 Å². The highest BCUT2D eigenvalue weighted by atomic mass is 35.5. The molecule has 0 aliphatic rings. The quantitative estimate of drug-likeness (QED) is 0.674. The van der Waals surface area contributed by atoms with E-state index in [-0.39, 0.29) is 5.52 Å². The van der Waals surface area contributed by atoms with E-state index in [0.29, 0.717) is 22.1 Å². The lowest BCUT2D eigenvalue weighted by Gasteiger charge is -2.19. The SMILES string of the molecule is CCCCP(=O)(C(=O)c1c(C)cccc1Cl)c1ccccc1. The summed E-state index contributed by atoms with van der Waals surface area (Å²) in [7, 11) is -3.18. The molecule has 2 nitrogen and oxygen atoms in total. The van der Waals surface area contributed by atoms with Crippen molar-refractivity contribution in [2.24, 2.45) is 0 Å². The zero-order chi connectivity index (χ0) is 16.2. The van der Waals surface area contributed by atoms with Gasteiger partial charge in [0.25, 0.3) is 0 Å². The second kappa shape index (κ2) is 7.26. The van der Waals surface area contributed by atoms with Gasteiger partial charge in [-0.05, 0) is 25.0 Å². The Kier molecular flexibility index (Phi) is 5.61. The van der Waals surface area contributed by atoms with E-state index in [9.17, 15) is 9.36 Å². The average Bonchev–Trinajstić information content (AvgIpc) is 2.53. The van der Waals surface area contributed by atoms with Gasteiger partial charge in [0.2, 0.25) is 5.52 Å².